The van der Waals surface area contributed by atoms with E-state index in [1.54, 1.807) is 6.92 Å². The molecule has 0 aromatic carbocycles. The van der Waals surface area contributed by atoms with Crippen molar-refractivity contribution < 1.29 is 19.7 Å². The van der Waals surface area contributed by atoms with Crippen molar-refractivity contribution in [3.8, 4) is 0 Å². The van der Waals surface area contributed by atoms with E-state index < -0.39 is 18.3 Å². The molecule has 4 heteroatoms. The fraction of sp³-hybridized carbons (Fsp3) is 0.833. The van der Waals surface area contributed by atoms with Gasteiger partial charge in [-0.3, -0.25) is 4.79 Å². The van der Waals surface area contributed by atoms with Crippen molar-refractivity contribution in [1.82, 2.24) is 0 Å². The summed E-state index contributed by atoms with van der Waals surface area (Å²) in [6.45, 7) is 1.25. The summed E-state index contributed by atoms with van der Waals surface area (Å²) in [5.41, 5.74) is 0. The van der Waals surface area contributed by atoms with E-state index in [9.17, 15) is 4.79 Å². The molecule has 3 atom stereocenters. The topological polar surface area (TPSA) is 66.8 Å². The highest BCUT2D eigenvalue weighted by molar-refractivity contribution is 5.89. The lowest BCUT2D eigenvalue weighted by Crippen LogP contribution is -2.29. The van der Waals surface area contributed by atoms with Gasteiger partial charge in [0, 0.05) is 0 Å². The quantitative estimate of drug-likeness (QED) is 0.482. The molecule has 1 heterocycles. The lowest BCUT2D eigenvalue weighted by molar-refractivity contribution is -0.126. The van der Waals surface area contributed by atoms with Gasteiger partial charge in [0.1, 0.15) is 18.3 Å². The summed E-state index contributed by atoms with van der Waals surface area (Å²) in [6, 6.07) is 0. The molecule has 58 valence electrons. The van der Waals surface area contributed by atoms with Crippen LogP contribution in [0.2, 0.25) is 0 Å². The lowest BCUT2D eigenvalue weighted by atomic mass is 10.1. The molecule has 1 aliphatic heterocycles. The Hall–Kier alpha value is -0.450. The van der Waals surface area contributed by atoms with Crippen LogP contribution in [-0.2, 0) is 9.53 Å². The Labute approximate surface area is 58.4 Å². The zero-order valence-electron chi connectivity index (χ0n) is 5.65. The number of Topliss-reactive ketones (excluding diaryl/α,β-unsaturated/α-hetero) is 1. The molecular weight excluding hydrogens is 136 g/mol. The van der Waals surface area contributed by atoms with Gasteiger partial charge in [-0.15, -0.1) is 0 Å². The Bertz CT molecular complexity index is 145. The number of ether oxygens (including phenoxy) is 1. The molecule has 1 rings (SSSR count). The molecule has 1 unspecified atom stereocenters. The minimum Gasteiger partial charge on any atom is -0.394 e. The van der Waals surface area contributed by atoms with Crippen molar-refractivity contribution in [2.24, 2.45) is 0 Å². The number of hydrogen-bond donors (Lipinski definition) is 2. The van der Waals surface area contributed by atoms with E-state index >= 15 is 0 Å². The van der Waals surface area contributed by atoms with Crippen LogP contribution in [0.15, 0.2) is 0 Å². The van der Waals surface area contributed by atoms with Crippen LogP contribution >= 0.6 is 0 Å². The summed E-state index contributed by atoms with van der Waals surface area (Å²) in [5, 5.41) is 17.5. The number of carbonyl (C=O) groups excluding carboxylic acids is 1. The standard InChI is InChI=1S/C6H10O4/c1-3-5(8)6(9)4(2-7)10-3/h3-4,6-7,9H,2H2,1H3/t3-,4+,6?/m0/s1. The van der Waals surface area contributed by atoms with Crippen molar-refractivity contribution in [3.05, 3.63) is 0 Å². The van der Waals surface area contributed by atoms with E-state index in [2.05, 4.69) is 0 Å². The number of aliphatic hydroxyl groups excluding tert-OH is 2. The van der Waals surface area contributed by atoms with Gasteiger partial charge in [0.2, 0.25) is 0 Å². The van der Waals surface area contributed by atoms with Gasteiger partial charge in [-0.2, -0.15) is 0 Å². The molecule has 4 nitrogen and oxygen atoms in total. The highest BCUT2D eigenvalue weighted by Crippen LogP contribution is 2.15. The minimum atomic E-state index is -1.14. The summed E-state index contributed by atoms with van der Waals surface area (Å²) in [4.78, 5) is 10.8. The maximum Gasteiger partial charge on any atom is 0.192 e. The molecule has 0 radical (unpaired) electrons. The second-order valence-electron chi connectivity index (χ2n) is 2.35. The monoisotopic (exact) mass is 146 g/mol. The number of hydrogen-bond acceptors (Lipinski definition) is 4. The molecule has 0 amide bonds. The number of ketones is 1. The first kappa shape index (κ1) is 7.65. The first-order valence-electron chi connectivity index (χ1n) is 3.15. The summed E-state index contributed by atoms with van der Waals surface area (Å²) in [6.07, 6.45) is -2.44. The van der Waals surface area contributed by atoms with Crippen LogP contribution in [0.25, 0.3) is 0 Å². The van der Waals surface area contributed by atoms with E-state index in [1.807, 2.05) is 0 Å². The van der Waals surface area contributed by atoms with E-state index in [4.69, 9.17) is 14.9 Å². The van der Waals surface area contributed by atoms with Crippen molar-refractivity contribution in [2.45, 2.75) is 25.2 Å². The van der Waals surface area contributed by atoms with Gasteiger partial charge < -0.3 is 14.9 Å². The van der Waals surface area contributed by atoms with Gasteiger partial charge in [-0.05, 0) is 6.92 Å². The van der Waals surface area contributed by atoms with Gasteiger partial charge in [0.15, 0.2) is 5.78 Å². The molecule has 1 aliphatic rings. The van der Waals surface area contributed by atoms with E-state index in [0.717, 1.165) is 0 Å². The molecule has 0 saturated carbocycles. The minimum absolute atomic E-state index is 0.308. The molecule has 0 bridgehead atoms. The lowest BCUT2D eigenvalue weighted by Gasteiger charge is -2.07. The van der Waals surface area contributed by atoms with E-state index in [-0.39, 0.29) is 12.4 Å². The van der Waals surface area contributed by atoms with Gasteiger partial charge in [0.25, 0.3) is 0 Å². The molecule has 1 saturated heterocycles. The predicted octanol–water partition coefficient (Wildman–Crippen LogP) is -1.30. The summed E-state index contributed by atoms with van der Waals surface area (Å²) in [5.74, 6) is -0.348. The average Bonchev–Trinajstić information content (AvgIpc) is 2.17. The van der Waals surface area contributed by atoms with Crippen molar-refractivity contribution in [3.63, 3.8) is 0 Å². The van der Waals surface area contributed by atoms with Crippen LogP contribution < -0.4 is 0 Å². The van der Waals surface area contributed by atoms with Crippen LogP contribution in [0.3, 0.4) is 0 Å². The Balaban J connectivity index is 2.61. The largest absolute Gasteiger partial charge is 0.394 e. The van der Waals surface area contributed by atoms with Crippen LogP contribution in [0.1, 0.15) is 6.92 Å². The zero-order valence-corrected chi connectivity index (χ0v) is 5.65. The smallest absolute Gasteiger partial charge is 0.192 e. The van der Waals surface area contributed by atoms with Crippen LogP contribution in [0.4, 0.5) is 0 Å². The molecule has 0 spiro atoms. The maximum absolute atomic E-state index is 10.8. The molecule has 0 aliphatic carbocycles. The number of carbonyl (C=O) groups is 1. The van der Waals surface area contributed by atoms with Crippen molar-refractivity contribution in [2.75, 3.05) is 6.61 Å². The van der Waals surface area contributed by atoms with Gasteiger partial charge >= 0.3 is 0 Å². The fourth-order valence-electron chi connectivity index (χ4n) is 0.970. The zero-order chi connectivity index (χ0) is 7.72. The Kier molecular flexibility index (Phi) is 2.03. The Morgan fingerprint density at radius 3 is 2.50 bits per heavy atom. The molecule has 0 aromatic rings. The fourth-order valence-corrected chi connectivity index (χ4v) is 0.970. The second kappa shape index (κ2) is 2.65. The molecule has 10 heavy (non-hydrogen) atoms. The predicted molar refractivity (Wildman–Crippen MR) is 32.4 cm³/mol. The van der Waals surface area contributed by atoms with E-state index in [1.165, 1.54) is 0 Å². The average molecular weight is 146 g/mol. The number of rotatable bonds is 1. The third-order valence-corrected chi connectivity index (χ3v) is 1.60. The van der Waals surface area contributed by atoms with Crippen LogP contribution in [0, 0.1) is 0 Å². The van der Waals surface area contributed by atoms with Crippen LogP contribution in [0.5, 0.6) is 0 Å². The third kappa shape index (κ3) is 1.05. The van der Waals surface area contributed by atoms with Gasteiger partial charge in [-0.25, -0.2) is 0 Å². The first-order chi connectivity index (χ1) is 4.66. The first-order valence-corrected chi connectivity index (χ1v) is 3.15. The van der Waals surface area contributed by atoms with E-state index in [0.29, 0.717) is 0 Å². The normalized spacial score (nSPS) is 40.7. The Morgan fingerprint density at radius 1 is 1.70 bits per heavy atom. The molecule has 2 N–H and O–H groups in total. The maximum atomic E-state index is 10.8. The molecule has 1 fully saturated rings. The Morgan fingerprint density at radius 2 is 2.30 bits per heavy atom. The van der Waals surface area contributed by atoms with Gasteiger partial charge in [-0.1, -0.05) is 0 Å². The van der Waals surface area contributed by atoms with Crippen molar-refractivity contribution in [1.29, 1.82) is 0 Å². The molecule has 0 aromatic heterocycles. The highest BCUT2D eigenvalue weighted by atomic mass is 16.5. The second-order valence-corrected chi connectivity index (χ2v) is 2.35. The summed E-state index contributed by atoms with van der Waals surface area (Å²) >= 11 is 0. The van der Waals surface area contributed by atoms with Gasteiger partial charge in [0.05, 0.1) is 6.61 Å². The SMILES string of the molecule is C[C@@H]1O[C@H](CO)C(O)C1=O. The highest BCUT2D eigenvalue weighted by Gasteiger charge is 2.38. The van der Waals surface area contributed by atoms with Crippen LogP contribution in [-0.4, -0.2) is 40.9 Å². The number of aliphatic hydroxyl groups is 2. The third-order valence-electron chi connectivity index (χ3n) is 1.60. The summed E-state index contributed by atoms with van der Waals surface area (Å²) < 4.78 is 4.89. The van der Waals surface area contributed by atoms with Crippen molar-refractivity contribution >= 4 is 5.78 Å². The molecular formula is C6H10O4. The summed E-state index contributed by atoms with van der Waals surface area (Å²) in [7, 11) is 0.